The summed E-state index contributed by atoms with van der Waals surface area (Å²) in [6.45, 7) is 4.13. The van der Waals surface area contributed by atoms with E-state index in [1.165, 1.54) is 4.57 Å². The Kier molecular flexibility index (Phi) is 6.97. The summed E-state index contributed by atoms with van der Waals surface area (Å²) in [5, 5.41) is 5.57. The van der Waals surface area contributed by atoms with Gasteiger partial charge in [0.2, 0.25) is 17.7 Å². The number of nitrogens with one attached hydrogen (secondary N) is 2. The molecule has 0 spiro atoms. The topological polar surface area (TPSA) is 110 Å². The van der Waals surface area contributed by atoms with Crippen molar-refractivity contribution in [1.29, 1.82) is 0 Å². The molecule has 160 valence electrons. The molecule has 1 aliphatic rings. The number of nitrogens with zero attached hydrogens (tertiary/aromatic N) is 2. The molecule has 2 heterocycles. The van der Waals surface area contributed by atoms with Crippen LogP contribution in [-0.4, -0.2) is 27.3 Å². The molecule has 8 heteroatoms. The summed E-state index contributed by atoms with van der Waals surface area (Å²) >= 11 is 0. The van der Waals surface area contributed by atoms with Crippen molar-refractivity contribution in [2.45, 2.75) is 71.4 Å². The molecular weight excluding hydrogens is 384 g/mol. The first-order valence-electron chi connectivity index (χ1n) is 10.5. The van der Waals surface area contributed by atoms with Gasteiger partial charge in [0, 0.05) is 19.4 Å². The molecule has 1 saturated heterocycles. The molecule has 1 aliphatic heterocycles. The van der Waals surface area contributed by atoms with Gasteiger partial charge in [-0.2, -0.15) is 0 Å². The van der Waals surface area contributed by atoms with Crippen LogP contribution in [0.4, 0.5) is 0 Å². The van der Waals surface area contributed by atoms with E-state index in [1.54, 1.807) is 19.1 Å². The lowest BCUT2D eigenvalue weighted by Gasteiger charge is -2.24. The average molecular weight is 412 g/mol. The number of aromatic nitrogens is 2. The second kappa shape index (κ2) is 9.65. The van der Waals surface area contributed by atoms with Gasteiger partial charge in [-0.25, -0.2) is 4.98 Å². The van der Waals surface area contributed by atoms with Gasteiger partial charge in [0.1, 0.15) is 11.9 Å². The quantitative estimate of drug-likeness (QED) is 0.510. The highest BCUT2D eigenvalue weighted by Gasteiger charge is 2.30. The Morgan fingerprint density at radius 1 is 1.23 bits per heavy atom. The molecule has 0 radical (unpaired) electrons. The van der Waals surface area contributed by atoms with Gasteiger partial charge in [-0.15, -0.1) is 0 Å². The lowest BCUT2D eigenvalue weighted by atomic mass is 10.0. The van der Waals surface area contributed by atoms with Gasteiger partial charge < -0.3 is 5.32 Å². The highest BCUT2D eigenvalue weighted by Crippen LogP contribution is 2.20. The first kappa shape index (κ1) is 21.7. The Hall–Kier alpha value is -3.03. The first-order chi connectivity index (χ1) is 14.4. The van der Waals surface area contributed by atoms with Crippen LogP contribution in [0.25, 0.3) is 10.9 Å². The fourth-order valence-corrected chi connectivity index (χ4v) is 3.76. The third-order valence-corrected chi connectivity index (χ3v) is 5.41. The molecule has 2 N–H and O–H groups in total. The SMILES string of the molecule is CCCCCCC(=O)NCc1ccc2nc(C)n([C@H]3CCC(=O)NC3=O)c(=O)c2c1. The average Bonchev–Trinajstić information content (AvgIpc) is 2.71. The van der Waals surface area contributed by atoms with E-state index in [0.29, 0.717) is 29.7 Å². The maximum atomic E-state index is 13.1. The van der Waals surface area contributed by atoms with Crippen molar-refractivity contribution in [1.82, 2.24) is 20.2 Å². The van der Waals surface area contributed by atoms with E-state index in [9.17, 15) is 19.2 Å². The second-order valence-electron chi connectivity index (χ2n) is 7.74. The van der Waals surface area contributed by atoms with E-state index >= 15 is 0 Å². The number of fused-ring (bicyclic) bond motifs is 1. The number of carbonyl (C=O) groups excluding carboxylic acids is 3. The molecule has 1 fully saturated rings. The lowest BCUT2D eigenvalue weighted by Crippen LogP contribution is -2.45. The van der Waals surface area contributed by atoms with Crippen LogP contribution < -0.4 is 16.2 Å². The van der Waals surface area contributed by atoms with Crippen LogP contribution in [0.1, 0.15) is 69.3 Å². The molecule has 30 heavy (non-hydrogen) atoms. The molecule has 0 saturated carbocycles. The Labute approximate surface area is 175 Å². The number of piperidine rings is 1. The summed E-state index contributed by atoms with van der Waals surface area (Å²) < 4.78 is 1.36. The van der Waals surface area contributed by atoms with Crippen LogP contribution in [0.3, 0.4) is 0 Å². The zero-order chi connectivity index (χ0) is 21.7. The number of amides is 3. The van der Waals surface area contributed by atoms with Crippen molar-refractivity contribution in [3.63, 3.8) is 0 Å². The number of hydrogen-bond donors (Lipinski definition) is 2. The predicted molar refractivity (Wildman–Crippen MR) is 113 cm³/mol. The minimum atomic E-state index is -0.751. The molecule has 0 unspecified atom stereocenters. The molecule has 1 atom stereocenters. The van der Waals surface area contributed by atoms with Crippen LogP contribution >= 0.6 is 0 Å². The van der Waals surface area contributed by atoms with Gasteiger partial charge in [0.25, 0.3) is 5.56 Å². The largest absolute Gasteiger partial charge is 0.352 e. The number of unbranched alkanes of at least 4 members (excludes halogenated alkanes) is 3. The van der Waals surface area contributed by atoms with Crippen molar-refractivity contribution >= 4 is 28.6 Å². The minimum absolute atomic E-state index is 0.00538. The van der Waals surface area contributed by atoms with Crippen molar-refractivity contribution in [2.75, 3.05) is 0 Å². The van der Waals surface area contributed by atoms with E-state index in [1.807, 2.05) is 6.07 Å². The van der Waals surface area contributed by atoms with Gasteiger partial charge in [0.05, 0.1) is 10.9 Å². The molecule has 2 aromatic rings. The van der Waals surface area contributed by atoms with Crippen LogP contribution in [0.15, 0.2) is 23.0 Å². The number of imide groups is 1. The zero-order valence-electron chi connectivity index (χ0n) is 17.5. The van der Waals surface area contributed by atoms with Crippen molar-refractivity contribution < 1.29 is 14.4 Å². The molecule has 0 aliphatic carbocycles. The molecule has 1 aromatic carbocycles. The van der Waals surface area contributed by atoms with Gasteiger partial charge in [-0.3, -0.25) is 29.1 Å². The van der Waals surface area contributed by atoms with Crippen LogP contribution in [0, 0.1) is 6.92 Å². The first-order valence-corrected chi connectivity index (χ1v) is 10.5. The molecule has 3 amide bonds. The van der Waals surface area contributed by atoms with Crippen LogP contribution in [0.5, 0.6) is 0 Å². The highest BCUT2D eigenvalue weighted by molar-refractivity contribution is 5.99. The smallest absolute Gasteiger partial charge is 0.262 e. The Bertz CT molecular complexity index is 1030. The lowest BCUT2D eigenvalue weighted by molar-refractivity contribution is -0.135. The summed E-state index contributed by atoms with van der Waals surface area (Å²) in [6, 6.07) is 4.55. The molecule has 1 aromatic heterocycles. The number of aryl methyl sites for hydroxylation is 1. The Morgan fingerprint density at radius 3 is 2.77 bits per heavy atom. The van der Waals surface area contributed by atoms with Crippen molar-refractivity contribution in [3.8, 4) is 0 Å². The normalized spacial score (nSPS) is 16.5. The fourth-order valence-electron chi connectivity index (χ4n) is 3.76. The van der Waals surface area contributed by atoms with Crippen LogP contribution in [-0.2, 0) is 20.9 Å². The monoisotopic (exact) mass is 412 g/mol. The van der Waals surface area contributed by atoms with Crippen LogP contribution in [0.2, 0.25) is 0 Å². The Balaban J connectivity index is 1.78. The standard InChI is InChI=1S/C22H28N4O4/c1-3-4-5-6-7-19(27)23-13-15-8-9-17-16(12-15)22(30)26(14(2)24-17)18-10-11-20(28)25-21(18)29/h8-9,12,18H,3-7,10-11,13H2,1-2H3,(H,23,27)(H,25,28,29)/t18-/m0/s1. The zero-order valence-corrected chi connectivity index (χ0v) is 17.5. The van der Waals surface area contributed by atoms with Gasteiger partial charge in [-0.1, -0.05) is 32.3 Å². The maximum absolute atomic E-state index is 13.1. The van der Waals surface area contributed by atoms with Gasteiger partial charge in [-0.05, 0) is 37.5 Å². The third kappa shape index (κ3) is 4.93. The predicted octanol–water partition coefficient (Wildman–Crippen LogP) is 2.27. The van der Waals surface area contributed by atoms with Crippen molar-refractivity contribution in [3.05, 3.63) is 39.9 Å². The Morgan fingerprint density at radius 2 is 2.03 bits per heavy atom. The second-order valence-corrected chi connectivity index (χ2v) is 7.74. The maximum Gasteiger partial charge on any atom is 0.262 e. The molecule has 3 rings (SSSR count). The van der Waals surface area contributed by atoms with Gasteiger partial charge >= 0.3 is 0 Å². The number of carbonyl (C=O) groups is 3. The fraction of sp³-hybridized carbons (Fsp3) is 0.500. The van der Waals surface area contributed by atoms with E-state index in [-0.39, 0.29) is 30.2 Å². The summed E-state index contributed by atoms with van der Waals surface area (Å²) in [7, 11) is 0. The molecule has 8 nitrogen and oxygen atoms in total. The van der Waals surface area contributed by atoms with E-state index in [0.717, 1.165) is 31.2 Å². The molecule has 0 bridgehead atoms. The van der Waals surface area contributed by atoms with Gasteiger partial charge in [0.15, 0.2) is 0 Å². The third-order valence-electron chi connectivity index (χ3n) is 5.41. The summed E-state index contributed by atoms with van der Waals surface area (Å²) in [6.07, 6.45) is 5.13. The summed E-state index contributed by atoms with van der Waals surface area (Å²) in [5.74, 6) is -0.392. The number of rotatable bonds is 8. The number of hydrogen-bond acceptors (Lipinski definition) is 5. The number of benzene rings is 1. The minimum Gasteiger partial charge on any atom is -0.352 e. The summed E-state index contributed by atoms with van der Waals surface area (Å²) in [4.78, 5) is 53.3. The molecular formula is C22H28N4O4. The van der Waals surface area contributed by atoms with E-state index in [4.69, 9.17) is 0 Å². The summed E-state index contributed by atoms with van der Waals surface area (Å²) in [5.41, 5.74) is 1.01. The van der Waals surface area contributed by atoms with E-state index in [2.05, 4.69) is 22.5 Å². The van der Waals surface area contributed by atoms with Crippen molar-refractivity contribution in [2.24, 2.45) is 0 Å². The van der Waals surface area contributed by atoms with E-state index < -0.39 is 11.9 Å². The highest BCUT2D eigenvalue weighted by atomic mass is 16.2.